The molecular formula is C25H22N6O3S. The molecule has 176 valence electrons. The van der Waals surface area contributed by atoms with Gasteiger partial charge in [0.05, 0.1) is 18.3 Å². The van der Waals surface area contributed by atoms with Crippen molar-refractivity contribution in [1.82, 2.24) is 30.2 Å². The molecule has 0 spiro atoms. The Morgan fingerprint density at radius 2 is 2.00 bits per heavy atom. The molecule has 1 N–H and O–H groups in total. The summed E-state index contributed by atoms with van der Waals surface area (Å²) in [5, 5.41) is 13.1. The van der Waals surface area contributed by atoms with E-state index >= 15 is 0 Å². The lowest BCUT2D eigenvalue weighted by atomic mass is 10.1. The summed E-state index contributed by atoms with van der Waals surface area (Å²) in [7, 11) is 0. The Morgan fingerprint density at radius 1 is 1.09 bits per heavy atom. The first-order valence-electron chi connectivity index (χ1n) is 11.0. The van der Waals surface area contributed by atoms with E-state index in [-0.39, 0.29) is 31.4 Å². The zero-order chi connectivity index (χ0) is 24.0. The van der Waals surface area contributed by atoms with Crippen LogP contribution < -0.4 is 5.32 Å². The van der Waals surface area contributed by atoms with Crippen LogP contribution in [0.3, 0.4) is 0 Å². The fourth-order valence-corrected chi connectivity index (χ4v) is 4.65. The molecule has 0 aliphatic rings. The molecule has 2 amide bonds. The number of para-hydroxylation sites is 1. The van der Waals surface area contributed by atoms with Crippen LogP contribution in [0.2, 0.25) is 0 Å². The summed E-state index contributed by atoms with van der Waals surface area (Å²) >= 11 is 1.42. The molecule has 1 unspecified atom stereocenters. The number of amides is 2. The monoisotopic (exact) mass is 486 g/mol. The average molecular weight is 487 g/mol. The zero-order valence-electron chi connectivity index (χ0n) is 18.7. The van der Waals surface area contributed by atoms with E-state index in [0.717, 1.165) is 16.0 Å². The van der Waals surface area contributed by atoms with Crippen molar-refractivity contribution < 1.29 is 14.0 Å². The average Bonchev–Trinajstić information content (AvgIpc) is 3.66. The van der Waals surface area contributed by atoms with Crippen LogP contribution in [0.4, 0.5) is 0 Å². The number of fused-ring (bicyclic) bond motifs is 1. The van der Waals surface area contributed by atoms with Gasteiger partial charge < -0.3 is 14.6 Å². The third-order valence-electron chi connectivity index (χ3n) is 5.49. The van der Waals surface area contributed by atoms with Gasteiger partial charge in [0, 0.05) is 23.8 Å². The van der Waals surface area contributed by atoms with Crippen LogP contribution >= 0.6 is 11.3 Å². The van der Waals surface area contributed by atoms with Crippen LogP contribution in [0.25, 0.3) is 11.0 Å². The summed E-state index contributed by atoms with van der Waals surface area (Å²) in [6.07, 6.45) is 4.92. The minimum atomic E-state index is -0.840. The molecule has 10 heteroatoms. The minimum absolute atomic E-state index is 0.0614. The zero-order valence-corrected chi connectivity index (χ0v) is 19.5. The molecule has 0 saturated heterocycles. The lowest BCUT2D eigenvalue weighted by Gasteiger charge is -2.30. The van der Waals surface area contributed by atoms with Gasteiger partial charge in [-0.25, -0.2) is 4.68 Å². The van der Waals surface area contributed by atoms with Crippen LogP contribution in [0.5, 0.6) is 0 Å². The molecule has 5 aromatic rings. The number of benzene rings is 1. The van der Waals surface area contributed by atoms with Gasteiger partial charge in [0.15, 0.2) is 0 Å². The van der Waals surface area contributed by atoms with Crippen molar-refractivity contribution in [2.24, 2.45) is 0 Å². The first kappa shape index (κ1) is 22.5. The largest absolute Gasteiger partial charge is 0.467 e. The number of thiophene rings is 1. The van der Waals surface area contributed by atoms with Gasteiger partial charge >= 0.3 is 0 Å². The molecule has 0 aliphatic carbocycles. The summed E-state index contributed by atoms with van der Waals surface area (Å²) in [5.41, 5.74) is 2.26. The molecule has 1 aromatic carbocycles. The summed E-state index contributed by atoms with van der Waals surface area (Å²) in [4.78, 5) is 33.7. The molecular weight excluding hydrogens is 464 g/mol. The summed E-state index contributed by atoms with van der Waals surface area (Å²) in [6, 6.07) is 17.6. The number of carbonyl (C=O) groups is 2. The lowest BCUT2D eigenvalue weighted by molar-refractivity contribution is -0.142. The summed E-state index contributed by atoms with van der Waals surface area (Å²) < 4.78 is 6.91. The number of hydrogen-bond donors (Lipinski definition) is 1. The number of aromatic nitrogens is 4. The Hall–Kier alpha value is -4.31. The maximum atomic E-state index is 13.8. The quantitative estimate of drug-likeness (QED) is 0.341. The molecule has 5 rings (SSSR count). The second kappa shape index (κ2) is 10.3. The molecule has 1 atom stereocenters. The SMILES string of the molecule is O=C(NCc1ccco1)C(c1cccs1)N(Cc1cccnc1)C(=O)Cn1nnc2ccccc21. The van der Waals surface area contributed by atoms with Crippen molar-refractivity contribution in [3.05, 3.63) is 101 Å². The van der Waals surface area contributed by atoms with Gasteiger partial charge in [-0.1, -0.05) is 29.5 Å². The van der Waals surface area contributed by atoms with Gasteiger partial charge in [-0.2, -0.15) is 0 Å². The fraction of sp³-hybridized carbons (Fsp3) is 0.160. The standard InChI is InChI=1S/C25H22N6O3S/c32-23(17-31-21-9-2-1-8-20(21)28-29-31)30(16-18-6-3-11-26-14-18)24(22-10-5-13-35-22)25(33)27-15-19-7-4-12-34-19/h1-14,24H,15-17H2,(H,27,33). The summed E-state index contributed by atoms with van der Waals surface area (Å²) in [5.74, 6) is 0.0584. The smallest absolute Gasteiger partial charge is 0.248 e. The molecule has 0 radical (unpaired) electrons. The number of carbonyl (C=O) groups excluding carboxylic acids is 2. The van der Waals surface area contributed by atoms with Gasteiger partial charge in [0.2, 0.25) is 11.8 Å². The van der Waals surface area contributed by atoms with Crippen molar-refractivity contribution in [3.63, 3.8) is 0 Å². The highest BCUT2D eigenvalue weighted by atomic mass is 32.1. The Kier molecular flexibility index (Phi) is 6.62. The van der Waals surface area contributed by atoms with Crippen molar-refractivity contribution in [1.29, 1.82) is 0 Å². The molecule has 35 heavy (non-hydrogen) atoms. The van der Waals surface area contributed by atoms with E-state index in [2.05, 4.69) is 20.6 Å². The highest BCUT2D eigenvalue weighted by Crippen LogP contribution is 2.28. The highest BCUT2D eigenvalue weighted by molar-refractivity contribution is 7.10. The third kappa shape index (κ3) is 5.12. The number of furan rings is 1. The van der Waals surface area contributed by atoms with Gasteiger partial charge in [-0.05, 0) is 47.3 Å². The van der Waals surface area contributed by atoms with E-state index in [4.69, 9.17) is 4.42 Å². The van der Waals surface area contributed by atoms with E-state index in [0.29, 0.717) is 11.3 Å². The summed E-state index contributed by atoms with van der Waals surface area (Å²) in [6.45, 7) is 0.362. The van der Waals surface area contributed by atoms with Gasteiger partial charge in [-0.15, -0.1) is 16.4 Å². The topological polar surface area (TPSA) is 106 Å². The Bertz CT molecular complexity index is 1400. The minimum Gasteiger partial charge on any atom is -0.467 e. The van der Waals surface area contributed by atoms with E-state index < -0.39 is 6.04 Å². The van der Waals surface area contributed by atoms with E-state index in [1.807, 2.05) is 47.8 Å². The lowest BCUT2D eigenvalue weighted by Crippen LogP contribution is -2.44. The second-order valence-corrected chi connectivity index (χ2v) is 8.81. The van der Waals surface area contributed by atoms with Gasteiger partial charge in [0.1, 0.15) is 23.9 Å². The Morgan fingerprint density at radius 3 is 2.77 bits per heavy atom. The number of nitrogens with one attached hydrogen (secondary N) is 1. The number of nitrogens with zero attached hydrogens (tertiary/aromatic N) is 5. The van der Waals surface area contributed by atoms with Gasteiger partial charge in [-0.3, -0.25) is 14.6 Å². The molecule has 4 aromatic heterocycles. The number of hydrogen-bond acceptors (Lipinski definition) is 7. The van der Waals surface area contributed by atoms with Crippen LogP contribution in [0, 0.1) is 0 Å². The van der Waals surface area contributed by atoms with Crippen LogP contribution in [0.1, 0.15) is 22.2 Å². The molecule has 4 heterocycles. The van der Waals surface area contributed by atoms with Crippen LogP contribution in [0.15, 0.2) is 89.1 Å². The molecule has 9 nitrogen and oxygen atoms in total. The Balaban J connectivity index is 1.47. The maximum Gasteiger partial charge on any atom is 0.248 e. The number of rotatable bonds is 9. The Labute approximate surface area is 205 Å². The van der Waals surface area contributed by atoms with Gasteiger partial charge in [0.25, 0.3) is 0 Å². The van der Waals surface area contributed by atoms with Crippen LogP contribution in [-0.4, -0.2) is 36.7 Å². The normalized spacial score (nSPS) is 11.9. The first-order valence-corrected chi connectivity index (χ1v) is 11.9. The van der Waals surface area contributed by atoms with Crippen molar-refractivity contribution >= 4 is 34.2 Å². The molecule has 0 bridgehead atoms. The number of pyridine rings is 1. The van der Waals surface area contributed by atoms with Crippen LogP contribution in [-0.2, 0) is 29.2 Å². The fourth-order valence-electron chi connectivity index (χ4n) is 3.82. The van der Waals surface area contributed by atoms with Crippen molar-refractivity contribution in [2.45, 2.75) is 25.7 Å². The third-order valence-corrected chi connectivity index (χ3v) is 6.42. The maximum absolute atomic E-state index is 13.8. The van der Waals surface area contributed by atoms with E-state index in [1.54, 1.807) is 46.4 Å². The molecule has 0 saturated carbocycles. The van der Waals surface area contributed by atoms with E-state index in [1.165, 1.54) is 11.3 Å². The predicted molar refractivity (Wildman–Crippen MR) is 130 cm³/mol. The molecule has 0 aliphatic heterocycles. The molecule has 0 fully saturated rings. The highest BCUT2D eigenvalue weighted by Gasteiger charge is 2.33. The van der Waals surface area contributed by atoms with Crippen molar-refractivity contribution in [3.8, 4) is 0 Å². The van der Waals surface area contributed by atoms with Crippen molar-refractivity contribution in [2.75, 3.05) is 0 Å². The predicted octanol–water partition coefficient (Wildman–Crippen LogP) is 3.57. The second-order valence-electron chi connectivity index (χ2n) is 7.83. The van der Waals surface area contributed by atoms with E-state index in [9.17, 15) is 9.59 Å². The first-order chi connectivity index (χ1) is 17.2.